The number of hydrogen-bond acceptors (Lipinski definition) is 4. The van der Waals surface area contributed by atoms with E-state index in [1.807, 2.05) is 31.2 Å². The molecule has 1 fully saturated rings. The van der Waals surface area contributed by atoms with Gasteiger partial charge in [0, 0.05) is 5.92 Å². The summed E-state index contributed by atoms with van der Waals surface area (Å²) in [5.74, 6) is -0.936. The minimum absolute atomic E-state index is 0.00233. The van der Waals surface area contributed by atoms with E-state index in [1.54, 1.807) is 4.90 Å². The van der Waals surface area contributed by atoms with Gasteiger partial charge in [-0.3, -0.25) is 4.79 Å². The maximum atomic E-state index is 12.7. The minimum Gasteiger partial charge on any atom is -0.481 e. The Morgan fingerprint density at radius 1 is 1.11 bits per heavy atom. The zero-order valence-electron chi connectivity index (χ0n) is 15.7. The average Bonchev–Trinajstić information content (AvgIpc) is 3.01. The van der Waals surface area contributed by atoms with E-state index in [0.717, 1.165) is 11.1 Å². The van der Waals surface area contributed by atoms with Crippen LogP contribution in [0.2, 0.25) is 0 Å². The van der Waals surface area contributed by atoms with Gasteiger partial charge < -0.3 is 19.5 Å². The summed E-state index contributed by atoms with van der Waals surface area (Å²) >= 11 is 0. The molecule has 4 rings (SSSR count). The van der Waals surface area contributed by atoms with Gasteiger partial charge in [-0.25, -0.2) is 4.79 Å². The van der Waals surface area contributed by atoms with E-state index in [4.69, 9.17) is 14.6 Å². The van der Waals surface area contributed by atoms with Gasteiger partial charge in [-0.15, -0.1) is 0 Å². The fourth-order valence-electron chi connectivity index (χ4n) is 4.07. The molecule has 28 heavy (non-hydrogen) atoms. The monoisotopic (exact) mass is 381 g/mol. The maximum absolute atomic E-state index is 12.7. The van der Waals surface area contributed by atoms with E-state index in [0.29, 0.717) is 6.61 Å². The summed E-state index contributed by atoms with van der Waals surface area (Å²) in [5.41, 5.74) is 4.69. The zero-order valence-corrected chi connectivity index (χ0v) is 15.7. The number of hydrogen-bond donors (Lipinski definition) is 1. The van der Waals surface area contributed by atoms with Gasteiger partial charge in [0.2, 0.25) is 0 Å². The number of benzene rings is 2. The van der Waals surface area contributed by atoms with E-state index in [1.165, 1.54) is 11.1 Å². The van der Waals surface area contributed by atoms with Crippen LogP contribution in [-0.2, 0) is 14.3 Å². The maximum Gasteiger partial charge on any atom is 0.410 e. The second-order valence-electron chi connectivity index (χ2n) is 7.36. The lowest BCUT2D eigenvalue weighted by molar-refractivity contribution is -0.143. The molecule has 1 aliphatic heterocycles. The van der Waals surface area contributed by atoms with Crippen molar-refractivity contribution in [3.05, 3.63) is 59.7 Å². The van der Waals surface area contributed by atoms with E-state index in [9.17, 15) is 9.59 Å². The molecular weight excluding hydrogens is 358 g/mol. The predicted octanol–water partition coefficient (Wildman–Crippen LogP) is 3.50. The first kappa shape index (κ1) is 18.5. The third kappa shape index (κ3) is 3.47. The summed E-state index contributed by atoms with van der Waals surface area (Å²) in [6.45, 7) is 2.66. The number of aliphatic carboxylic acids is 1. The van der Waals surface area contributed by atoms with Crippen LogP contribution in [0.1, 0.15) is 30.4 Å². The summed E-state index contributed by atoms with van der Waals surface area (Å²) < 4.78 is 11.2. The number of nitrogens with zero attached hydrogens (tertiary/aromatic N) is 1. The number of fused-ring (bicyclic) bond motifs is 3. The number of amides is 1. The average molecular weight is 381 g/mol. The molecule has 1 aliphatic carbocycles. The fraction of sp³-hybridized carbons (Fsp3) is 0.364. The second-order valence-corrected chi connectivity index (χ2v) is 7.36. The van der Waals surface area contributed by atoms with Crippen LogP contribution in [0.5, 0.6) is 0 Å². The number of carbonyl (C=O) groups is 2. The van der Waals surface area contributed by atoms with Crippen molar-refractivity contribution in [1.29, 1.82) is 0 Å². The molecule has 1 N–H and O–H groups in total. The van der Waals surface area contributed by atoms with Crippen molar-refractivity contribution in [2.45, 2.75) is 31.4 Å². The molecule has 1 amide bonds. The highest BCUT2D eigenvalue weighted by Gasteiger charge is 2.34. The van der Waals surface area contributed by atoms with Gasteiger partial charge >= 0.3 is 12.1 Å². The molecule has 0 radical (unpaired) electrons. The van der Waals surface area contributed by atoms with E-state index in [2.05, 4.69) is 24.3 Å². The van der Waals surface area contributed by atoms with Crippen LogP contribution in [-0.4, -0.2) is 54.0 Å². The number of carboxylic acids is 1. The molecule has 0 aromatic heterocycles. The molecule has 6 heteroatoms. The Bertz CT molecular complexity index is 851. The molecule has 1 saturated heterocycles. The lowest BCUT2D eigenvalue weighted by Gasteiger charge is -2.37. The van der Waals surface area contributed by atoms with Gasteiger partial charge in [0.1, 0.15) is 6.61 Å². The zero-order chi connectivity index (χ0) is 19.7. The van der Waals surface area contributed by atoms with E-state index < -0.39 is 18.2 Å². The van der Waals surface area contributed by atoms with Crippen LogP contribution in [0.15, 0.2) is 48.5 Å². The SMILES string of the molecule is C[C@@H]1CO[C@@H](CC(=O)O)CN1C(=O)OCC1c2ccccc2-c2ccccc21. The third-order valence-corrected chi connectivity index (χ3v) is 5.48. The Hall–Kier alpha value is -2.86. The van der Waals surface area contributed by atoms with E-state index in [-0.39, 0.29) is 31.5 Å². The van der Waals surface area contributed by atoms with Crippen molar-refractivity contribution < 1.29 is 24.2 Å². The van der Waals surface area contributed by atoms with Crippen molar-refractivity contribution in [2.24, 2.45) is 0 Å². The Morgan fingerprint density at radius 3 is 2.32 bits per heavy atom. The number of ether oxygens (including phenoxy) is 2. The largest absolute Gasteiger partial charge is 0.481 e. The summed E-state index contributed by atoms with van der Waals surface area (Å²) in [7, 11) is 0. The molecule has 2 aliphatic rings. The van der Waals surface area contributed by atoms with Crippen molar-refractivity contribution in [3.63, 3.8) is 0 Å². The molecule has 0 bridgehead atoms. The second kappa shape index (κ2) is 7.64. The molecule has 2 atom stereocenters. The highest BCUT2D eigenvalue weighted by atomic mass is 16.6. The van der Waals surface area contributed by atoms with Crippen LogP contribution in [0.4, 0.5) is 4.79 Å². The predicted molar refractivity (Wildman–Crippen MR) is 103 cm³/mol. The fourth-order valence-corrected chi connectivity index (χ4v) is 4.07. The van der Waals surface area contributed by atoms with Gasteiger partial charge in [0.15, 0.2) is 0 Å². The van der Waals surface area contributed by atoms with Crippen molar-refractivity contribution in [2.75, 3.05) is 19.8 Å². The minimum atomic E-state index is -0.938. The van der Waals surface area contributed by atoms with Gasteiger partial charge in [-0.05, 0) is 29.2 Å². The van der Waals surface area contributed by atoms with Gasteiger partial charge in [0.05, 0.1) is 31.7 Å². The van der Waals surface area contributed by atoms with Crippen LogP contribution in [0, 0.1) is 0 Å². The summed E-state index contributed by atoms with van der Waals surface area (Å²) in [4.78, 5) is 25.2. The Labute approximate surface area is 163 Å². The highest BCUT2D eigenvalue weighted by Crippen LogP contribution is 2.44. The molecule has 2 aromatic rings. The van der Waals surface area contributed by atoms with E-state index >= 15 is 0 Å². The lowest BCUT2D eigenvalue weighted by atomic mass is 9.98. The molecule has 0 spiro atoms. The van der Waals surface area contributed by atoms with Gasteiger partial charge in [-0.1, -0.05) is 48.5 Å². The van der Waals surface area contributed by atoms with Crippen molar-refractivity contribution >= 4 is 12.1 Å². The first-order valence-electron chi connectivity index (χ1n) is 9.49. The summed E-state index contributed by atoms with van der Waals surface area (Å²) in [6.07, 6.45) is -1.05. The standard InChI is InChI=1S/C22H23NO5/c1-14-12-27-15(10-21(24)25)11-23(14)22(26)28-13-20-18-8-4-2-6-16(18)17-7-3-5-9-19(17)20/h2-9,14-15,20H,10-13H2,1H3,(H,24,25)/t14-,15+/m1/s1. The number of morpholine rings is 1. The topological polar surface area (TPSA) is 76.1 Å². The Morgan fingerprint density at radius 2 is 1.71 bits per heavy atom. The smallest absolute Gasteiger partial charge is 0.410 e. The number of carbonyl (C=O) groups excluding carboxylic acids is 1. The highest BCUT2D eigenvalue weighted by molar-refractivity contribution is 5.79. The lowest BCUT2D eigenvalue weighted by Crippen LogP contribution is -2.51. The molecule has 1 heterocycles. The molecule has 0 saturated carbocycles. The van der Waals surface area contributed by atoms with Crippen molar-refractivity contribution in [3.8, 4) is 11.1 Å². The molecule has 0 unspecified atom stereocenters. The Kier molecular flexibility index (Phi) is 5.05. The van der Waals surface area contributed by atoms with Crippen LogP contribution >= 0.6 is 0 Å². The third-order valence-electron chi connectivity index (χ3n) is 5.48. The first-order chi connectivity index (χ1) is 13.5. The molecule has 2 aromatic carbocycles. The quantitative estimate of drug-likeness (QED) is 0.877. The molecule has 6 nitrogen and oxygen atoms in total. The summed E-state index contributed by atoms with van der Waals surface area (Å²) in [6, 6.07) is 16.2. The van der Waals surface area contributed by atoms with Crippen LogP contribution in [0.3, 0.4) is 0 Å². The Balaban J connectivity index is 1.47. The van der Waals surface area contributed by atoms with Crippen LogP contribution < -0.4 is 0 Å². The van der Waals surface area contributed by atoms with Gasteiger partial charge in [-0.2, -0.15) is 0 Å². The molecular formula is C22H23NO5. The number of rotatable bonds is 4. The summed E-state index contributed by atoms with van der Waals surface area (Å²) in [5, 5.41) is 8.97. The number of carboxylic acid groups (broad SMARTS) is 1. The normalized spacial score (nSPS) is 21.1. The first-order valence-corrected chi connectivity index (χ1v) is 9.49. The molecule has 146 valence electrons. The van der Waals surface area contributed by atoms with Crippen LogP contribution in [0.25, 0.3) is 11.1 Å². The van der Waals surface area contributed by atoms with Crippen molar-refractivity contribution in [1.82, 2.24) is 4.90 Å². The van der Waals surface area contributed by atoms with Gasteiger partial charge in [0.25, 0.3) is 0 Å².